The summed E-state index contributed by atoms with van der Waals surface area (Å²) >= 11 is 6.61. The SMILES string of the molecule is CCOC(=O)c1cn2c(cc1=O)-c1cc(Cl)c(OCC3(COC)COC3)cc1CC2C(C)C. The van der Waals surface area contributed by atoms with Gasteiger partial charge in [-0.25, -0.2) is 4.79 Å². The molecule has 7 nitrogen and oxygen atoms in total. The van der Waals surface area contributed by atoms with Crippen molar-refractivity contribution in [2.24, 2.45) is 11.3 Å². The predicted octanol–water partition coefficient (Wildman–Crippen LogP) is 4.14. The Balaban J connectivity index is 1.71. The summed E-state index contributed by atoms with van der Waals surface area (Å²) in [4.78, 5) is 25.1. The van der Waals surface area contributed by atoms with Crippen LogP contribution >= 0.6 is 11.6 Å². The first-order chi connectivity index (χ1) is 15.8. The molecule has 3 heterocycles. The highest BCUT2D eigenvalue weighted by Crippen LogP contribution is 2.42. The van der Waals surface area contributed by atoms with Gasteiger partial charge in [-0.2, -0.15) is 0 Å². The molecule has 0 aliphatic carbocycles. The Kier molecular flexibility index (Phi) is 6.84. The van der Waals surface area contributed by atoms with E-state index in [0.717, 1.165) is 23.2 Å². The summed E-state index contributed by atoms with van der Waals surface area (Å²) in [6.07, 6.45) is 2.36. The van der Waals surface area contributed by atoms with E-state index in [1.807, 2.05) is 16.7 Å². The van der Waals surface area contributed by atoms with E-state index in [1.165, 1.54) is 6.07 Å². The maximum atomic E-state index is 12.8. The molecule has 1 aromatic heterocycles. The summed E-state index contributed by atoms with van der Waals surface area (Å²) in [5.74, 6) is 0.281. The van der Waals surface area contributed by atoms with Gasteiger partial charge in [0, 0.05) is 31.0 Å². The Hall–Kier alpha value is -2.35. The number of ether oxygens (including phenoxy) is 4. The third-order valence-corrected chi connectivity index (χ3v) is 6.66. The van der Waals surface area contributed by atoms with E-state index in [1.54, 1.807) is 20.2 Å². The largest absolute Gasteiger partial charge is 0.491 e. The Morgan fingerprint density at radius 2 is 2.03 bits per heavy atom. The number of nitrogens with zero attached hydrogens (tertiary/aromatic N) is 1. The Bertz CT molecular complexity index is 1100. The fourth-order valence-electron chi connectivity index (χ4n) is 4.53. The molecule has 8 heteroatoms. The van der Waals surface area contributed by atoms with Gasteiger partial charge in [0.25, 0.3) is 0 Å². The number of carbonyl (C=O) groups is 1. The van der Waals surface area contributed by atoms with E-state index in [2.05, 4.69) is 13.8 Å². The first-order valence-corrected chi connectivity index (χ1v) is 11.6. The van der Waals surface area contributed by atoms with Crippen molar-refractivity contribution in [2.45, 2.75) is 33.2 Å². The lowest BCUT2D eigenvalue weighted by atomic mass is 9.87. The minimum absolute atomic E-state index is 0.0481. The molecule has 2 aromatic rings. The van der Waals surface area contributed by atoms with Crippen molar-refractivity contribution in [1.82, 2.24) is 4.57 Å². The molecule has 0 N–H and O–H groups in total. The number of hydrogen-bond donors (Lipinski definition) is 0. The number of carbonyl (C=O) groups excluding carboxylic acids is 1. The average molecular weight is 476 g/mol. The molecule has 178 valence electrons. The van der Waals surface area contributed by atoms with E-state index in [-0.39, 0.29) is 35.0 Å². The van der Waals surface area contributed by atoms with E-state index in [0.29, 0.717) is 37.2 Å². The van der Waals surface area contributed by atoms with Crippen LogP contribution in [-0.4, -0.2) is 50.7 Å². The first-order valence-electron chi connectivity index (χ1n) is 11.2. The molecule has 2 aliphatic rings. The lowest BCUT2D eigenvalue weighted by Gasteiger charge is -2.40. The van der Waals surface area contributed by atoms with Crippen LogP contribution in [0.4, 0.5) is 0 Å². The summed E-state index contributed by atoms with van der Waals surface area (Å²) in [5.41, 5.74) is 2.20. The molecule has 2 aliphatic heterocycles. The second kappa shape index (κ2) is 9.49. The Morgan fingerprint density at radius 3 is 2.64 bits per heavy atom. The lowest BCUT2D eigenvalue weighted by Crippen LogP contribution is -2.50. The van der Waals surface area contributed by atoms with Gasteiger partial charge in [-0.1, -0.05) is 25.4 Å². The van der Waals surface area contributed by atoms with Crippen LogP contribution in [0.5, 0.6) is 5.75 Å². The van der Waals surface area contributed by atoms with Gasteiger partial charge in [-0.3, -0.25) is 4.79 Å². The van der Waals surface area contributed by atoms with Gasteiger partial charge in [0.05, 0.1) is 42.6 Å². The zero-order chi connectivity index (χ0) is 23.8. The number of esters is 1. The van der Waals surface area contributed by atoms with Gasteiger partial charge in [0.15, 0.2) is 5.43 Å². The molecule has 1 atom stereocenters. The molecule has 0 radical (unpaired) electrons. The zero-order valence-electron chi connectivity index (χ0n) is 19.5. The van der Waals surface area contributed by atoms with Crippen molar-refractivity contribution in [1.29, 1.82) is 0 Å². The third kappa shape index (κ3) is 4.54. The topological polar surface area (TPSA) is 76.0 Å². The molecule has 4 rings (SSSR count). The number of methoxy groups -OCH3 is 1. The number of aromatic nitrogens is 1. The lowest BCUT2D eigenvalue weighted by molar-refractivity contribution is -0.159. The normalized spacial score (nSPS) is 18.3. The highest BCUT2D eigenvalue weighted by Gasteiger charge is 2.40. The minimum Gasteiger partial charge on any atom is -0.491 e. The van der Waals surface area contributed by atoms with Crippen LogP contribution in [0.2, 0.25) is 5.02 Å². The van der Waals surface area contributed by atoms with Crippen LogP contribution in [0.3, 0.4) is 0 Å². The van der Waals surface area contributed by atoms with Gasteiger partial charge in [-0.15, -0.1) is 0 Å². The van der Waals surface area contributed by atoms with Crippen molar-refractivity contribution in [2.75, 3.05) is 40.1 Å². The van der Waals surface area contributed by atoms with Gasteiger partial charge in [-0.05, 0) is 37.0 Å². The quantitative estimate of drug-likeness (QED) is 0.534. The number of halogens is 1. The van der Waals surface area contributed by atoms with Crippen LogP contribution in [0.1, 0.15) is 42.7 Å². The van der Waals surface area contributed by atoms with Crippen LogP contribution in [-0.2, 0) is 20.6 Å². The molecule has 1 fully saturated rings. The number of pyridine rings is 1. The molecule has 1 saturated heterocycles. The fraction of sp³-hybridized carbons (Fsp3) is 0.520. The number of fused-ring (bicyclic) bond motifs is 3. The second-order valence-corrected chi connectivity index (χ2v) is 9.64. The standard InChI is InChI=1S/C25H30ClNO6/c1-5-32-24(29)18-10-27-20(15(2)3)6-16-7-23(33-14-25(11-30-4)12-31-13-25)19(26)8-17(16)21(27)9-22(18)28/h7-10,15,20H,5-6,11-14H2,1-4H3. The molecule has 0 saturated carbocycles. The molecule has 0 amide bonds. The zero-order valence-corrected chi connectivity index (χ0v) is 20.2. The van der Waals surface area contributed by atoms with Crippen LogP contribution in [0.25, 0.3) is 11.3 Å². The van der Waals surface area contributed by atoms with Crippen molar-refractivity contribution in [3.8, 4) is 17.0 Å². The minimum atomic E-state index is -0.599. The summed E-state index contributed by atoms with van der Waals surface area (Å²) in [6.45, 7) is 8.39. The van der Waals surface area contributed by atoms with Crippen LogP contribution in [0, 0.1) is 11.3 Å². The fourth-order valence-corrected chi connectivity index (χ4v) is 4.75. The highest BCUT2D eigenvalue weighted by atomic mass is 35.5. The van der Waals surface area contributed by atoms with Crippen molar-refractivity contribution >= 4 is 17.6 Å². The molecule has 33 heavy (non-hydrogen) atoms. The molecule has 1 aromatic carbocycles. The molecule has 0 bridgehead atoms. The smallest absolute Gasteiger partial charge is 0.343 e. The Morgan fingerprint density at radius 1 is 1.27 bits per heavy atom. The van der Waals surface area contributed by atoms with E-state index < -0.39 is 5.97 Å². The summed E-state index contributed by atoms with van der Waals surface area (Å²) in [6, 6.07) is 5.39. The maximum absolute atomic E-state index is 12.8. The summed E-state index contributed by atoms with van der Waals surface area (Å²) in [5, 5.41) is 0.470. The van der Waals surface area contributed by atoms with Crippen molar-refractivity contribution in [3.05, 3.63) is 50.8 Å². The van der Waals surface area contributed by atoms with Gasteiger partial charge >= 0.3 is 5.97 Å². The van der Waals surface area contributed by atoms with Crippen LogP contribution in [0.15, 0.2) is 29.2 Å². The predicted molar refractivity (Wildman–Crippen MR) is 125 cm³/mol. The van der Waals surface area contributed by atoms with Gasteiger partial charge < -0.3 is 23.5 Å². The van der Waals surface area contributed by atoms with E-state index in [9.17, 15) is 9.59 Å². The first kappa shape index (κ1) is 23.8. The maximum Gasteiger partial charge on any atom is 0.343 e. The summed E-state index contributed by atoms with van der Waals surface area (Å²) < 4.78 is 23.9. The van der Waals surface area contributed by atoms with Crippen LogP contribution < -0.4 is 10.2 Å². The average Bonchev–Trinajstić information content (AvgIpc) is 2.75. The van der Waals surface area contributed by atoms with E-state index >= 15 is 0 Å². The molecule has 1 unspecified atom stereocenters. The molecular formula is C25H30ClNO6. The van der Waals surface area contributed by atoms with Crippen molar-refractivity contribution < 1.29 is 23.7 Å². The number of benzene rings is 1. The van der Waals surface area contributed by atoms with Crippen molar-refractivity contribution in [3.63, 3.8) is 0 Å². The number of rotatable bonds is 8. The Labute approximate surface area is 198 Å². The second-order valence-electron chi connectivity index (χ2n) is 9.23. The van der Waals surface area contributed by atoms with Gasteiger partial charge in [0.1, 0.15) is 17.9 Å². The monoisotopic (exact) mass is 475 g/mol. The molecule has 0 spiro atoms. The number of hydrogen-bond acceptors (Lipinski definition) is 6. The van der Waals surface area contributed by atoms with Gasteiger partial charge in [0.2, 0.25) is 0 Å². The summed E-state index contributed by atoms with van der Waals surface area (Å²) in [7, 11) is 1.67. The third-order valence-electron chi connectivity index (χ3n) is 6.37. The highest BCUT2D eigenvalue weighted by molar-refractivity contribution is 6.32. The molecular weight excluding hydrogens is 446 g/mol. The van der Waals surface area contributed by atoms with E-state index in [4.69, 9.17) is 30.5 Å².